The Bertz CT molecular complexity index is 1250. The molecule has 1 atom stereocenters. The van der Waals surface area contributed by atoms with E-state index in [1.165, 1.54) is 16.7 Å². The van der Waals surface area contributed by atoms with Crippen LogP contribution in [0.4, 0.5) is 0 Å². The van der Waals surface area contributed by atoms with E-state index >= 15 is 0 Å². The molecule has 1 aliphatic carbocycles. The number of amides is 2. The van der Waals surface area contributed by atoms with Crippen LogP contribution in [0.1, 0.15) is 75.4 Å². The Balaban J connectivity index is 1.12. The number of likely N-dealkylation sites (tertiary alicyclic amines) is 1. The van der Waals surface area contributed by atoms with Crippen molar-refractivity contribution in [2.75, 3.05) is 19.7 Å². The Morgan fingerprint density at radius 3 is 2.69 bits per heavy atom. The summed E-state index contributed by atoms with van der Waals surface area (Å²) < 4.78 is 5.74. The highest BCUT2D eigenvalue weighted by Crippen LogP contribution is 2.32. The Kier molecular flexibility index (Phi) is 7.37. The minimum atomic E-state index is -0.102. The second kappa shape index (κ2) is 10.8. The first-order valence-electron chi connectivity index (χ1n) is 12.8. The number of benzene rings is 2. The zero-order valence-electron chi connectivity index (χ0n) is 21.0. The molecule has 0 spiro atoms. The van der Waals surface area contributed by atoms with Crippen molar-refractivity contribution in [3.05, 3.63) is 80.8 Å². The third-order valence-corrected chi connectivity index (χ3v) is 8.47. The predicted octanol–water partition coefficient (Wildman–Crippen LogP) is 5.35. The van der Waals surface area contributed by atoms with Gasteiger partial charge in [0.1, 0.15) is 11.4 Å². The van der Waals surface area contributed by atoms with Gasteiger partial charge < -0.3 is 15.0 Å². The van der Waals surface area contributed by atoms with Gasteiger partial charge in [-0.15, -0.1) is 11.3 Å². The van der Waals surface area contributed by atoms with E-state index in [2.05, 4.69) is 30.4 Å². The van der Waals surface area contributed by atoms with Crippen LogP contribution in [0.25, 0.3) is 0 Å². The molecule has 1 fully saturated rings. The van der Waals surface area contributed by atoms with Crippen LogP contribution in [0.5, 0.6) is 5.75 Å². The quantitative estimate of drug-likeness (QED) is 0.492. The third kappa shape index (κ3) is 5.46. The number of nitrogens with one attached hydrogen (secondary N) is 1. The first-order valence-corrected chi connectivity index (χ1v) is 13.7. The van der Waals surface area contributed by atoms with E-state index in [0.29, 0.717) is 18.8 Å². The van der Waals surface area contributed by atoms with Gasteiger partial charge in [0, 0.05) is 24.4 Å². The zero-order valence-corrected chi connectivity index (χ0v) is 21.8. The van der Waals surface area contributed by atoms with Gasteiger partial charge in [-0.25, -0.2) is 4.98 Å². The number of nitrogens with zero attached hydrogens (tertiary/aromatic N) is 2. The van der Waals surface area contributed by atoms with Crippen molar-refractivity contribution >= 4 is 23.2 Å². The first-order chi connectivity index (χ1) is 17.5. The fourth-order valence-corrected chi connectivity index (χ4v) is 6.10. The second-order valence-electron chi connectivity index (χ2n) is 9.88. The van der Waals surface area contributed by atoms with E-state index in [1.807, 2.05) is 41.5 Å². The van der Waals surface area contributed by atoms with E-state index < -0.39 is 0 Å². The fraction of sp³-hybridized carbons (Fsp3) is 0.414. The third-order valence-electron chi connectivity index (χ3n) is 7.47. The molecule has 36 heavy (non-hydrogen) atoms. The smallest absolute Gasteiger partial charge is 0.271 e. The number of fused-ring (bicyclic) bond motifs is 1. The van der Waals surface area contributed by atoms with Crippen LogP contribution in [-0.2, 0) is 11.2 Å². The lowest BCUT2D eigenvalue weighted by molar-refractivity contribution is -0.134. The number of aryl methyl sites for hydroxylation is 3. The van der Waals surface area contributed by atoms with Crippen LogP contribution in [0, 0.1) is 13.8 Å². The van der Waals surface area contributed by atoms with Crippen molar-refractivity contribution in [1.82, 2.24) is 15.2 Å². The number of aromatic nitrogens is 1. The minimum Gasteiger partial charge on any atom is -0.484 e. The first kappa shape index (κ1) is 24.5. The minimum absolute atomic E-state index is 0.0126. The van der Waals surface area contributed by atoms with Crippen molar-refractivity contribution in [2.24, 2.45) is 0 Å². The lowest BCUT2D eigenvalue weighted by atomic mass is 9.88. The van der Waals surface area contributed by atoms with E-state index in [-0.39, 0.29) is 30.4 Å². The van der Waals surface area contributed by atoms with E-state index in [9.17, 15) is 9.59 Å². The van der Waals surface area contributed by atoms with Crippen molar-refractivity contribution in [2.45, 2.75) is 57.9 Å². The monoisotopic (exact) mass is 503 g/mol. The lowest BCUT2D eigenvalue weighted by Crippen LogP contribution is -2.40. The van der Waals surface area contributed by atoms with Gasteiger partial charge in [-0.05, 0) is 80.3 Å². The Labute approximate surface area is 216 Å². The summed E-state index contributed by atoms with van der Waals surface area (Å²) in [5, 5.41) is 6.06. The van der Waals surface area contributed by atoms with Crippen molar-refractivity contribution in [1.29, 1.82) is 0 Å². The van der Waals surface area contributed by atoms with E-state index in [0.717, 1.165) is 48.4 Å². The second-order valence-corrected chi connectivity index (χ2v) is 10.8. The summed E-state index contributed by atoms with van der Waals surface area (Å²) >= 11 is 1.55. The van der Waals surface area contributed by atoms with Gasteiger partial charge in [0.05, 0.1) is 11.0 Å². The summed E-state index contributed by atoms with van der Waals surface area (Å²) in [7, 11) is 0. The van der Waals surface area contributed by atoms with Crippen LogP contribution in [-0.4, -0.2) is 41.4 Å². The topological polar surface area (TPSA) is 71.5 Å². The van der Waals surface area contributed by atoms with Crippen LogP contribution >= 0.6 is 11.3 Å². The molecule has 2 aromatic carbocycles. The molecule has 2 amide bonds. The molecule has 0 saturated carbocycles. The number of ether oxygens (including phenoxy) is 1. The fourth-order valence-electron chi connectivity index (χ4n) is 5.13. The zero-order chi connectivity index (χ0) is 25.1. The number of hydrogen-bond acceptors (Lipinski definition) is 5. The molecule has 188 valence electrons. The van der Waals surface area contributed by atoms with Crippen LogP contribution in [0.2, 0.25) is 0 Å². The summed E-state index contributed by atoms with van der Waals surface area (Å²) in [5.74, 6) is 0.914. The molecule has 1 saturated heterocycles. The van der Waals surface area contributed by atoms with Crippen molar-refractivity contribution in [3.63, 3.8) is 0 Å². The summed E-state index contributed by atoms with van der Waals surface area (Å²) in [5.41, 5.74) is 5.41. The molecule has 3 aromatic rings. The van der Waals surface area contributed by atoms with Crippen molar-refractivity contribution in [3.8, 4) is 5.75 Å². The molecular weight excluding hydrogens is 470 g/mol. The van der Waals surface area contributed by atoms with Gasteiger partial charge in [0.25, 0.3) is 11.8 Å². The average molecular weight is 504 g/mol. The van der Waals surface area contributed by atoms with E-state index in [1.54, 1.807) is 11.3 Å². The summed E-state index contributed by atoms with van der Waals surface area (Å²) in [6.45, 7) is 5.51. The Hall–Kier alpha value is -3.19. The molecule has 7 heteroatoms. The lowest BCUT2D eigenvalue weighted by Gasteiger charge is -2.31. The number of piperidine rings is 1. The highest BCUT2D eigenvalue weighted by molar-refractivity contribution is 7.09. The predicted molar refractivity (Wildman–Crippen MR) is 142 cm³/mol. The largest absolute Gasteiger partial charge is 0.484 e. The van der Waals surface area contributed by atoms with Crippen LogP contribution in [0.15, 0.2) is 47.8 Å². The number of carbonyl (C=O) groups is 2. The summed E-state index contributed by atoms with van der Waals surface area (Å²) in [6, 6.07) is 14.3. The van der Waals surface area contributed by atoms with Gasteiger partial charge in [-0.1, -0.05) is 30.3 Å². The van der Waals surface area contributed by atoms with Gasteiger partial charge in [-0.3, -0.25) is 9.59 Å². The molecule has 5 rings (SSSR count). The molecule has 1 aliphatic heterocycles. The highest BCUT2D eigenvalue weighted by atomic mass is 32.1. The molecule has 1 unspecified atom stereocenters. The summed E-state index contributed by atoms with van der Waals surface area (Å²) in [4.78, 5) is 32.2. The molecular formula is C29H33N3O3S. The SMILES string of the molecule is Cc1ccc(OCC(=O)N2CCC(c3nc(C(=O)NC4CCCc5ccccc54)cs3)CC2)cc1C. The number of thiazole rings is 1. The van der Waals surface area contributed by atoms with Gasteiger partial charge in [-0.2, -0.15) is 0 Å². The summed E-state index contributed by atoms with van der Waals surface area (Å²) in [6.07, 6.45) is 4.80. The van der Waals surface area contributed by atoms with Gasteiger partial charge >= 0.3 is 0 Å². The molecule has 1 aromatic heterocycles. The number of rotatable bonds is 6. The standard InChI is InChI=1S/C29H33N3O3S/c1-19-10-11-23(16-20(19)2)35-17-27(33)32-14-12-22(13-15-32)29-31-26(18-36-29)28(34)30-25-9-5-7-21-6-3-4-8-24(21)25/h3-4,6,8,10-11,16,18,22,25H,5,7,9,12-15,17H2,1-2H3,(H,30,34). The maximum Gasteiger partial charge on any atom is 0.271 e. The molecule has 0 bridgehead atoms. The molecule has 2 aliphatic rings. The molecule has 6 nitrogen and oxygen atoms in total. The van der Waals surface area contributed by atoms with Gasteiger partial charge in [0.15, 0.2) is 6.61 Å². The Morgan fingerprint density at radius 1 is 1.08 bits per heavy atom. The van der Waals surface area contributed by atoms with Crippen LogP contribution in [0.3, 0.4) is 0 Å². The number of carbonyl (C=O) groups excluding carboxylic acids is 2. The molecule has 1 N–H and O–H groups in total. The van der Waals surface area contributed by atoms with Gasteiger partial charge in [0.2, 0.25) is 0 Å². The normalized spacial score (nSPS) is 17.9. The molecule has 2 heterocycles. The maximum atomic E-state index is 13.0. The Morgan fingerprint density at radius 2 is 1.89 bits per heavy atom. The molecule has 0 radical (unpaired) electrons. The highest BCUT2D eigenvalue weighted by Gasteiger charge is 2.28. The number of hydrogen-bond donors (Lipinski definition) is 1. The van der Waals surface area contributed by atoms with Crippen LogP contribution < -0.4 is 10.1 Å². The maximum absolute atomic E-state index is 13.0. The average Bonchev–Trinajstić information content (AvgIpc) is 3.40. The van der Waals surface area contributed by atoms with E-state index in [4.69, 9.17) is 9.72 Å². The van der Waals surface area contributed by atoms with Crippen molar-refractivity contribution < 1.29 is 14.3 Å².